The molecule has 27 heavy (non-hydrogen) atoms. The molecule has 0 saturated heterocycles. The Kier molecular flexibility index (Phi) is 6.09. The van der Waals surface area contributed by atoms with Gasteiger partial charge in [0.1, 0.15) is 5.69 Å². The lowest BCUT2D eigenvalue weighted by atomic mass is 10.0. The number of rotatable bonds is 5. The first-order valence-corrected chi connectivity index (χ1v) is 7.41. The van der Waals surface area contributed by atoms with Gasteiger partial charge in [0.25, 0.3) is 0 Å². The third-order valence-corrected chi connectivity index (χ3v) is 3.45. The van der Waals surface area contributed by atoms with Gasteiger partial charge in [-0.05, 0) is 35.9 Å². The fraction of sp³-hybridized carbons (Fsp3) is 0.294. The highest BCUT2D eigenvalue weighted by Gasteiger charge is 2.36. The van der Waals surface area contributed by atoms with Crippen LogP contribution < -0.4 is 0 Å². The van der Waals surface area contributed by atoms with Gasteiger partial charge in [-0.2, -0.15) is 26.3 Å². The third kappa shape index (κ3) is 5.43. The van der Waals surface area contributed by atoms with E-state index in [4.69, 9.17) is 4.74 Å². The van der Waals surface area contributed by atoms with Crippen LogP contribution in [0.3, 0.4) is 0 Å². The van der Waals surface area contributed by atoms with E-state index in [2.05, 4.69) is 9.72 Å². The fourth-order valence-electron chi connectivity index (χ4n) is 2.21. The van der Waals surface area contributed by atoms with Crippen molar-refractivity contribution >= 4 is 5.97 Å². The summed E-state index contributed by atoms with van der Waals surface area (Å²) in [6.07, 6.45) is -9.61. The van der Waals surface area contributed by atoms with Gasteiger partial charge in [-0.25, -0.2) is 9.78 Å². The average Bonchev–Trinajstić information content (AvgIpc) is 2.59. The SMILES string of the molecule is COC(=O)c1cccc(COCc2cc(C(F)(F)F)ccc2C(F)(F)F)n1. The van der Waals surface area contributed by atoms with Crippen molar-refractivity contribution in [1.82, 2.24) is 4.98 Å². The van der Waals surface area contributed by atoms with Crippen LogP contribution >= 0.6 is 0 Å². The lowest BCUT2D eigenvalue weighted by Gasteiger charge is -2.16. The van der Waals surface area contributed by atoms with Gasteiger partial charge in [-0.15, -0.1) is 0 Å². The van der Waals surface area contributed by atoms with Crippen LogP contribution in [0.15, 0.2) is 36.4 Å². The predicted octanol–water partition coefficient (Wildman–Crippen LogP) is 4.62. The Morgan fingerprint density at radius 2 is 1.70 bits per heavy atom. The number of benzene rings is 1. The Morgan fingerprint density at radius 1 is 1.00 bits per heavy atom. The lowest BCUT2D eigenvalue weighted by Crippen LogP contribution is -2.13. The summed E-state index contributed by atoms with van der Waals surface area (Å²) in [5, 5.41) is 0. The molecule has 0 aliphatic heterocycles. The summed E-state index contributed by atoms with van der Waals surface area (Å²) in [7, 11) is 1.15. The van der Waals surface area contributed by atoms with Gasteiger partial charge >= 0.3 is 18.3 Å². The summed E-state index contributed by atoms with van der Waals surface area (Å²) in [5.41, 5.74) is -2.90. The predicted molar refractivity (Wildman–Crippen MR) is 80.5 cm³/mol. The molecule has 0 bridgehead atoms. The second kappa shape index (κ2) is 7.95. The summed E-state index contributed by atoms with van der Waals surface area (Å²) in [6.45, 7) is -1.03. The van der Waals surface area contributed by atoms with Crippen LogP contribution in [-0.4, -0.2) is 18.1 Å². The molecule has 0 aliphatic carbocycles. The Balaban J connectivity index is 2.18. The molecule has 10 heteroatoms. The molecular formula is C17H13F6NO3. The molecule has 0 saturated carbocycles. The van der Waals surface area contributed by atoms with E-state index in [0.29, 0.717) is 18.2 Å². The first kappa shape index (κ1) is 20.7. The van der Waals surface area contributed by atoms with Crippen molar-refractivity contribution < 1.29 is 40.6 Å². The second-order valence-electron chi connectivity index (χ2n) is 5.37. The zero-order chi connectivity index (χ0) is 20.2. The molecule has 2 rings (SSSR count). The largest absolute Gasteiger partial charge is 0.464 e. The van der Waals surface area contributed by atoms with Crippen molar-refractivity contribution in [2.75, 3.05) is 7.11 Å². The molecule has 0 amide bonds. The number of carbonyl (C=O) groups excluding carboxylic acids is 1. The number of ether oxygens (including phenoxy) is 2. The van der Waals surface area contributed by atoms with E-state index in [1.807, 2.05) is 0 Å². The van der Waals surface area contributed by atoms with Crippen molar-refractivity contribution in [2.24, 2.45) is 0 Å². The van der Waals surface area contributed by atoms with Crippen LogP contribution in [0.2, 0.25) is 0 Å². The highest BCUT2D eigenvalue weighted by molar-refractivity contribution is 5.87. The zero-order valence-corrected chi connectivity index (χ0v) is 13.8. The average molecular weight is 393 g/mol. The molecule has 0 fully saturated rings. The quantitative estimate of drug-likeness (QED) is 0.549. The van der Waals surface area contributed by atoms with Crippen LogP contribution in [0.5, 0.6) is 0 Å². The number of pyridine rings is 1. The van der Waals surface area contributed by atoms with Gasteiger partial charge < -0.3 is 9.47 Å². The number of nitrogens with zero attached hydrogens (tertiary/aromatic N) is 1. The Bertz CT molecular complexity index is 817. The molecule has 0 atom stereocenters. The minimum Gasteiger partial charge on any atom is -0.464 e. The number of aromatic nitrogens is 1. The van der Waals surface area contributed by atoms with E-state index in [1.54, 1.807) is 0 Å². The molecule has 1 heterocycles. The molecule has 1 aromatic carbocycles. The summed E-state index contributed by atoms with van der Waals surface area (Å²) >= 11 is 0. The summed E-state index contributed by atoms with van der Waals surface area (Å²) in [5.74, 6) is -0.714. The van der Waals surface area contributed by atoms with Crippen LogP contribution in [0.4, 0.5) is 26.3 Å². The van der Waals surface area contributed by atoms with Crippen molar-refractivity contribution in [2.45, 2.75) is 25.6 Å². The van der Waals surface area contributed by atoms with Crippen molar-refractivity contribution in [3.05, 3.63) is 64.5 Å². The maximum Gasteiger partial charge on any atom is 0.416 e. The van der Waals surface area contributed by atoms with Crippen LogP contribution in [0, 0.1) is 0 Å². The summed E-state index contributed by atoms with van der Waals surface area (Å²) in [4.78, 5) is 15.3. The van der Waals surface area contributed by atoms with E-state index < -0.39 is 41.6 Å². The van der Waals surface area contributed by atoms with Gasteiger partial charge in [-0.1, -0.05) is 6.07 Å². The van der Waals surface area contributed by atoms with Gasteiger partial charge in [0.2, 0.25) is 0 Å². The minimum atomic E-state index is -4.83. The highest BCUT2D eigenvalue weighted by Crippen LogP contribution is 2.36. The molecule has 2 aromatic rings. The number of methoxy groups -OCH3 is 1. The van der Waals surface area contributed by atoms with Gasteiger partial charge in [-0.3, -0.25) is 0 Å². The molecule has 146 valence electrons. The van der Waals surface area contributed by atoms with Crippen molar-refractivity contribution in [1.29, 1.82) is 0 Å². The molecule has 1 aromatic heterocycles. The molecule has 4 nitrogen and oxygen atoms in total. The molecule has 0 spiro atoms. The molecule has 0 unspecified atom stereocenters. The van der Waals surface area contributed by atoms with Crippen LogP contribution in [0.25, 0.3) is 0 Å². The minimum absolute atomic E-state index is 0.0337. The molecule has 0 radical (unpaired) electrons. The number of alkyl halides is 6. The van der Waals surface area contributed by atoms with Crippen molar-refractivity contribution in [3.63, 3.8) is 0 Å². The van der Waals surface area contributed by atoms with E-state index >= 15 is 0 Å². The van der Waals surface area contributed by atoms with Gasteiger partial charge in [0.15, 0.2) is 0 Å². The smallest absolute Gasteiger partial charge is 0.416 e. The number of hydrogen-bond donors (Lipinski definition) is 0. The van der Waals surface area contributed by atoms with E-state index in [1.165, 1.54) is 18.2 Å². The number of esters is 1. The maximum absolute atomic E-state index is 13.0. The van der Waals surface area contributed by atoms with E-state index in [0.717, 1.165) is 7.11 Å². The number of hydrogen-bond acceptors (Lipinski definition) is 4. The number of carbonyl (C=O) groups is 1. The zero-order valence-electron chi connectivity index (χ0n) is 13.8. The normalized spacial score (nSPS) is 12.1. The Morgan fingerprint density at radius 3 is 2.30 bits per heavy atom. The fourth-order valence-corrected chi connectivity index (χ4v) is 2.21. The number of halogens is 6. The second-order valence-corrected chi connectivity index (χ2v) is 5.37. The van der Waals surface area contributed by atoms with E-state index in [9.17, 15) is 31.1 Å². The van der Waals surface area contributed by atoms with E-state index in [-0.39, 0.29) is 18.0 Å². The van der Waals surface area contributed by atoms with Crippen LogP contribution in [0.1, 0.15) is 32.9 Å². The van der Waals surface area contributed by atoms with Crippen molar-refractivity contribution in [3.8, 4) is 0 Å². The highest BCUT2D eigenvalue weighted by atomic mass is 19.4. The molecule has 0 N–H and O–H groups in total. The summed E-state index contributed by atoms with van der Waals surface area (Å²) < 4.78 is 86.9. The summed E-state index contributed by atoms with van der Waals surface area (Å²) in [6, 6.07) is 5.42. The topological polar surface area (TPSA) is 48.4 Å². The monoisotopic (exact) mass is 393 g/mol. The Hall–Kier alpha value is -2.62. The van der Waals surface area contributed by atoms with Crippen LogP contribution in [-0.2, 0) is 35.0 Å². The first-order valence-electron chi connectivity index (χ1n) is 7.41. The van der Waals surface area contributed by atoms with Gasteiger partial charge in [0, 0.05) is 0 Å². The third-order valence-electron chi connectivity index (χ3n) is 3.45. The first-order chi connectivity index (χ1) is 12.5. The Labute approximate surface area is 149 Å². The lowest BCUT2D eigenvalue weighted by molar-refractivity contribution is -0.142. The maximum atomic E-state index is 13.0. The van der Waals surface area contributed by atoms with Gasteiger partial charge in [0.05, 0.1) is 37.1 Å². The molecular weight excluding hydrogens is 380 g/mol. The standard InChI is InChI=1S/C17H13F6NO3/c1-26-15(25)14-4-2-3-12(24-14)9-27-8-10-7-11(16(18,19)20)5-6-13(10)17(21,22)23/h2-7H,8-9H2,1H3. The molecule has 0 aliphatic rings.